The second-order valence-electron chi connectivity index (χ2n) is 11.3. The predicted molar refractivity (Wildman–Crippen MR) is 146 cm³/mol. The van der Waals surface area contributed by atoms with Crippen LogP contribution in [0, 0.1) is 5.92 Å². The van der Waals surface area contributed by atoms with E-state index in [-0.39, 0.29) is 23.5 Å². The van der Waals surface area contributed by atoms with E-state index < -0.39 is 11.7 Å². The Balaban J connectivity index is 1.29. The van der Waals surface area contributed by atoms with Crippen molar-refractivity contribution in [3.05, 3.63) is 75.6 Å². The van der Waals surface area contributed by atoms with E-state index in [1.54, 1.807) is 6.07 Å². The second kappa shape index (κ2) is 10.2. The summed E-state index contributed by atoms with van der Waals surface area (Å²) < 4.78 is 12.0. The van der Waals surface area contributed by atoms with E-state index >= 15 is 0 Å². The van der Waals surface area contributed by atoms with Crippen LogP contribution in [0.5, 0.6) is 5.75 Å². The van der Waals surface area contributed by atoms with Gasteiger partial charge in [0.2, 0.25) is 0 Å². The van der Waals surface area contributed by atoms with Crippen molar-refractivity contribution in [3.63, 3.8) is 0 Å². The maximum Gasteiger partial charge on any atom is 0.339 e. The summed E-state index contributed by atoms with van der Waals surface area (Å²) in [4.78, 5) is 28.6. The molecule has 2 fully saturated rings. The molecule has 1 N–H and O–H groups in total. The number of hydrogen-bond donors (Lipinski definition) is 1. The number of likely N-dealkylation sites (tertiary alicyclic amines) is 1. The molecule has 0 unspecified atom stereocenters. The molecular formula is C32H37NO5. The van der Waals surface area contributed by atoms with Crippen LogP contribution in [-0.4, -0.2) is 34.2 Å². The average Bonchev–Trinajstić information content (AvgIpc) is 2.95. The van der Waals surface area contributed by atoms with E-state index in [0.29, 0.717) is 30.7 Å². The topological polar surface area (TPSA) is 80.0 Å². The molecule has 1 aromatic heterocycles. The molecule has 4 atom stereocenters. The molecule has 1 saturated heterocycles. The van der Waals surface area contributed by atoms with Gasteiger partial charge >= 0.3 is 5.63 Å². The number of benzene rings is 2. The smallest absolute Gasteiger partial charge is 0.339 e. The molecule has 1 amide bonds. The second-order valence-corrected chi connectivity index (χ2v) is 11.3. The summed E-state index contributed by atoms with van der Waals surface area (Å²) in [5, 5.41) is 12.5. The van der Waals surface area contributed by atoms with Crippen molar-refractivity contribution >= 4 is 16.9 Å². The Kier molecular flexibility index (Phi) is 6.77. The number of fused-ring (bicyclic) bond motifs is 4. The number of piperidine rings is 1. The number of carbonyl (C=O) groups is 1. The van der Waals surface area contributed by atoms with Gasteiger partial charge in [0.25, 0.3) is 5.91 Å². The normalized spacial score (nSPS) is 25.9. The van der Waals surface area contributed by atoms with Gasteiger partial charge in [-0.15, -0.1) is 0 Å². The van der Waals surface area contributed by atoms with Gasteiger partial charge in [-0.2, -0.15) is 0 Å². The number of hydrogen-bond acceptors (Lipinski definition) is 5. The summed E-state index contributed by atoms with van der Waals surface area (Å²) in [5.74, 6) is 0.481. The van der Waals surface area contributed by atoms with E-state index in [1.165, 1.54) is 0 Å². The van der Waals surface area contributed by atoms with E-state index in [2.05, 4.69) is 12.1 Å². The van der Waals surface area contributed by atoms with Gasteiger partial charge in [0.15, 0.2) is 6.10 Å². The van der Waals surface area contributed by atoms with Gasteiger partial charge in [0.1, 0.15) is 11.3 Å². The highest BCUT2D eigenvalue weighted by molar-refractivity contribution is 5.84. The van der Waals surface area contributed by atoms with E-state index in [1.807, 2.05) is 42.2 Å². The monoisotopic (exact) mass is 515 g/mol. The zero-order valence-corrected chi connectivity index (χ0v) is 22.2. The molecule has 200 valence electrons. The van der Waals surface area contributed by atoms with Gasteiger partial charge in [-0.05, 0) is 74.6 Å². The first-order valence-corrected chi connectivity index (χ1v) is 14.3. The van der Waals surface area contributed by atoms with Gasteiger partial charge in [-0.25, -0.2) is 4.79 Å². The molecule has 1 aliphatic heterocycles. The minimum absolute atomic E-state index is 0.00924. The van der Waals surface area contributed by atoms with Crippen LogP contribution in [0.25, 0.3) is 11.0 Å². The summed E-state index contributed by atoms with van der Waals surface area (Å²) in [7, 11) is 0. The number of rotatable bonds is 5. The third kappa shape index (κ3) is 4.43. The summed E-state index contributed by atoms with van der Waals surface area (Å²) in [6.45, 7) is 2.46. The van der Waals surface area contributed by atoms with Crippen molar-refractivity contribution < 1.29 is 19.1 Å². The summed E-state index contributed by atoms with van der Waals surface area (Å²) in [6, 6.07) is 15.6. The highest BCUT2D eigenvalue weighted by Gasteiger charge is 2.50. The zero-order chi connectivity index (χ0) is 26.3. The highest BCUT2D eigenvalue weighted by atomic mass is 16.5. The lowest BCUT2D eigenvalue weighted by atomic mass is 9.66. The fourth-order valence-corrected chi connectivity index (χ4v) is 7.15. The summed E-state index contributed by atoms with van der Waals surface area (Å²) >= 11 is 0. The molecule has 2 heterocycles. The zero-order valence-electron chi connectivity index (χ0n) is 22.2. The van der Waals surface area contributed by atoms with Gasteiger partial charge in [0.05, 0.1) is 11.6 Å². The van der Waals surface area contributed by atoms with E-state index in [9.17, 15) is 14.7 Å². The van der Waals surface area contributed by atoms with Crippen LogP contribution in [0.3, 0.4) is 0 Å². The Morgan fingerprint density at radius 3 is 2.66 bits per heavy atom. The molecule has 6 nitrogen and oxygen atoms in total. The van der Waals surface area contributed by atoms with E-state index in [4.69, 9.17) is 9.15 Å². The van der Waals surface area contributed by atoms with Crippen molar-refractivity contribution in [1.82, 2.24) is 4.90 Å². The lowest BCUT2D eigenvalue weighted by Crippen LogP contribution is -2.58. The van der Waals surface area contributed by atoms with Crippen LogP contribution in [-0.2, 0) is 17.6 Å². The maximum absolute atomic E-state index is 14.1. The largest absolute Gasteiger partial charge is 0.480 e. The Morgan fingerprint density at radius 1 is 1.08 bits per heavy atom. The van der Waals surface area contributed by atoms with Gasteiger partial charge in [0, 0.05) is 29.5 Å². The Morgan fingerprint density at radius 2 is 1.87 bits per heavy atom. The van der Waals surface area contributed by atoms with Crippen LogP contribution in [0.2, 0.25) is 0 Å². The average molecular weight is 516 g/mol. The maximum atomic E-state index is 14.1. The predicted octanol–water partition coefficient (Wildman–Crippen LogP) is 5.72. The lowest BCUT2D eigenvalue weighted by Gasteiger charge is -2.53. The molecule has 0 radical (unpaired) electrons. The standard InChI is InChI=1S/C32H37NO5/c1-2-27(37-22-15-16-24-23-12-6-7-13-25(23)31(35)38-28(24)20-22)30(34)33-19-18-32(36)17-9-8-14-26(32)29(33)21-10-4-3-5-11-21/h3-5,10-11,15-16,20,26-27,29,36H,2,6-9,12-14,17-19H2,1H3/t26-,27-,29+,32+/m0/s1. The Hall–Kier alpha value is -3.12. The van der Waals surface area contributed by atoms with Crippen LogP contribution in [0.4, 0.5) is 0 Å². The number of aliphatic hydroxyl groups is 1. The van der Waals surface area contributed by atoms with Gasteiger partial charge in [-0.1, -0.05) is 50.1 Å². The van der Waals surface area contributed by atoms with Crippen LogP contribution in [0.1, 0.15) is 81.0 Å². The lowest BCUT2D eigenvalue weighted by molar-refractivity contribution is -0.161. The number of carbonyl (C=O) groups excluding carboxylic acids is 1. The number of nitrogens with zero attached hydrogens (tertiary/aromatic N) is 1. The first kappa shape index (κ1) is 25.2. The highest BCUT2D eigenvalue weighted by Crippen LogP contribution is 2.49. The first-order valence-electron chi connectivity index (χ1n) is 14.3. The van der Waals surface area contributed by atoms with Crippen molar-refractivity contribution in [2.75, 3.05) is 6.54 Å². The SMILES string of the molecule is CC[C@H](Oc1ccc2c3c(c(=O)oc2c1)CCCC3)C(=O)N1CC[C@]2(O)CCCC[C@H]2[C@H]1c1ccccc1. The first-order chi connectivity index (χ1) is 18.5. The van der Waals surface area contributed by atoms with Crippen molar-refractivity contribution in [1.29, 1.82) is 0 Å². The molecule has 3 aromatic rings. The number of aryl methyl sites for hydroxylation is 1. The fraction of sp³-hybridized carbons (Fsp3) is 0.500. The molecule has 1 saturated carbocycles. The molecule has 6 rings (SSSR count). The van der Waals surface area contributed by atoms with Gasteiger partial charge < -0.3 is 19.2 Å². The number of ether oxygens (including phenoxy) is 1. The van der Waals surface area contributed by atoms with Gasteiger partial charge in [-0.3, -0.25) is 4.79 Å². The third-order valence-electron chi connectivity index (χ3n) is 9.11. The molecule has 6 heteroatoms. The van der Waals surface area contributed by atoms with Crippen LogP contribution in [0.15, 0.2) is 57.7 Å². The Bertz CT molecular complexity index is 1380. The molecule has 2 aliphatic carbocycles. The van der Waals surface area contributed by atoms with Crippen molar-refractivity contribution in [2.24, 2.45) is 5.92 Å². The molecule has 0 spiro atoms. The fourth-order valence-electron chi connectivity index (χ4n) is 7.15. The number of amides is 1. The van der Waals surface area contributed by atoms with E-state index in [0.717, 1.165) is 73.4 Å². The molecular weight excluding hydrogens is 478 g/mol. The minimum Gasteiger partial charge on any atom is -0.480 e. The molecule has 38 heavy (non-hydrogen) atoms. The minimum atomic E-state index is -0.729. The Labute approximate surface area is 223 Å². The molecule has 0 bridgehead atoms. The van der Waals surface area contributed by atoms with Crippen molar-refractivity contribution in [3.8, 4) is 5.75 Å². The van der Waals surface area contributed by atoms with Crippen LogP contribution < -0.4 is 10.4 Å². The van der Waals surface area contributed by atoms with Crippen molar-refractivity contribution in [2.45, 2.75) is 88.9 Å². The molecule has 3 aliphatic rings. The quantitative estimate of drug-likeness (QED) is 0.440. The summed E-state index contributed by atoms with van der Waals surface area (Å²) in [5.41, 5.74) is 2.50. The summed E-state index contributed by atoms with van der Waals surface area (Å²) in [6.07, 6.45) is 7.99. The van der Waals surface area contributed by atoms with Crippen LogP contribution >= 0.6 is 0 Å². The third-order valence-corrected chi connectivity index (χ3v) is 9.11. The molecule has 2 aromatic carbocycles.